The molecule has 0 aliphatic rings. The lowest BCUT2D eigenvalue weighted by Crippen LogP contribution is -2.41. The molecule has 3 rings (SSSR count). The molecule has 6 nitrogen and oxygen atoms in total. The lowest BCUT2D eigenvalue weighted by Gasteiger charge is -2.26. The molecular weight excluding hydrogens is 480 g/mol. The van der Waals surface area contributed by atoms with E-state index < -0.39 is 15.9 Å². The van der Waals surface area contributed by atoms with Crippen LogP contribution in [0.15, 0.2) is 76.5 Å². The summed E-state index contributed by atoms with van der Waals surface area (Å²) in [7, 11) is -3.99. The van der Waals surface area contributed by atoms with Crippen molar-refractivity contribution in [3.8, 4) is 5.75 Å². The summed E-state index contributed by atoms with van der Waals surface area (Å²) in [5.41, 5.74) is 3.55. The van der Waals surface area contributed by atoms with Gasteiger partial charge in [0.1, 0.15) is 12.3 Å². The summed E-state index contributed by atoms with van der Waals surface area (Å²) < 4.78 is 33.9. The fourth-order valence-corrected chi connectivity index (χ4v) is 5.62. The Bertz CT molecular complexity index is 1260. The van der Waals surface area contributed by atoms with Gasteiger partial charge in [-0.25, -0.2) is 8.42 Å². The van der Waals surface area contributed by atoms with E-state index in [0.717, 1.165) is 25.9 Å². The van der Waals surface area contributed by atoms with Crippen LogP contribution in [-0.2, 0) is 14.8 Å². The third-order valence-electron chi connectivity index (χ3n) is 5.65. The van der Waals surface area contributed by atoms with E-state index in [4.69, 9.17) is 4.74 Å². The summed E-state index contributed by atoms with van der Waals surface area (Å²) in [5, 5.41) is 2.96. The molecule has 186 valence electrons. The number of ether oxygens (including phenoxy) is 1. The van der Waals surface area contributed by atoms with Gasteiger partial charge in [0.2, 0.25) is 5.91 Å². The summed E-state index contributed by atoms with van der Waals surface area (Å²) >= 11 is 1.53. The van der Waals surface area contributed by atoms with Crippen molar-refractivity contribution in [3.63, 3.8) is 0 Å². The van der Waals surface area contributed by atoms with Crippen LogP contribution in [0.4, 0.5) is 5.69 Å². The summed E-state index contributed by atoms with van der Waals surface area (Å²) in [6.45, 7) is 7.92. The second kappa shape index (κ2) is 11.6. The minimum atomic E-state index is -3.99. The van der Waals surface area contributed by atoms with Gasteiger partial charge in [0.15, 0.2) is 0 Å². The zero-order valence-electron chi connectivity index (χ0n) is 20.7. The minimum absolute atomic E-state index is 0.125. The molecule has 1 amide bonds. The van der Waals surface area contributed by atoms with Crippen LogP contribution in [0.5, 0.6) is 5.75 Å². The third kappa shape index (κ3) is 6.58. The van der Waals surface area contributed by atoms with Gasteiger partial charge in [-0.15, -0.1) is 11.8 Å². The molecule has 0 spiro atoms. The zero-order valence-corrected chi connectivity index (χ0v) is 22.4. The highest BCUT2D eigenvalue weighted by atomic mass is 32.2. The van der Waals surface area contributed by atoms with Crippen molar-refractivity contribution in [2.45, 2.75) is 43.5 Å². The number of nitrogens with zero attached hydrogens (tertiary/aromatic N) is 1. The standard InChI is InChI=1S/C27H32N2O4S2/c1-6-33-23-11-9-22(10-12-23)29(35(31,32)25-15-13-24(34-5)14-16-25)18-27(30)28-21(4)26-17-19(2)7-8-20(26)3/h7-17,21H,6,18H2,1-5H3,(H,28,30). The molecule has 0 saturated carbocycles. The summed E-state index contributed by atoms with van der Waals surface area (Å²) in [4.78, 5) is 14.2. The molecule has 3 aromatic rings. The van der Waals surface area contributed by atoms with Crippen molar-refractivity contribution in [3.05, 3.63) is 83.4 Å². The molecule has 35 heavy (non-hydrogen) atoms. The molecule has 3 aromatic carbocycles. The van der Waals surface area contributed by atoms with Gasteiger partial charge < -0.3 is 10.1 Å². The monoisotopic (exact) mass is 512 g/mol. The van der Waals surface area contributed by atoms with Crippen molar-refractivity contribution in [1.82, 2.24) is 5.32 Å². The fraction of sp³-hybridized carbons (Fsp3) is 0.296. The minimum Gasteiger partial charge on any atom is -0.494 e. The van der Waals surface area contributed by atoms with E-state index in [1.165, 1.54) is 11.8 Å². The zero-order chi connectivity index (χ0) is 25.6. The molecule has 1 unspecified atom stereocenters. The van der Waals surface area contributed by atoms with Crippen LogP contribution in [-0.4, -0.2) is 33.7 Å². The predicted molar refractivity (Wildman–Crippen MR) is 143 cm³/mol. The molecule has 0 aliphatic heterocycles. The summed E-state index contributed by atoms with van der Waals surface area (Å²) in [6, 6.07) is 19.2. The van der Waals surface area contributed by atoms with E-state index in [1.807, 2.05) is 52.1 Å². The molecular formula is C27H32N2O4S2. The number of anilines is 1. The normalized spacial score (nSPS) is 12.1. The Morgan fingerprint density at radius 2 is 1.69 bits per heavy atom. The number of thioether (sulfide) groups is 1. The molecule has 8 heteroatoms. The number of hydrogen-bond acceptors (Lipinski definition) is 5. The molecule has 0 heterocycles. The van der Waals surface area contributed by atoms with Crippen molar-refractivity contribution >= 4 is 33.4 Å². The van der Waals surface area contributed by atoms with Crippen LogP contribution in [0.25, 0.3) is 0 Å². The van der Waals surface area contributed by atoms with Gasteiger partial charge in [0, 0.05) is 4.90 Å². The van der Waals surface area contributed by atoms with E-state index in [0.29, 0.717) is 18.0 Å². The highest BCUT2D eigenvalue weighted by molar-refractivity contribution is 7.98. The second-order valence-corrected chi connectivity index (χ2v) is 11.0. The Morgan fingerprint density at radius 3 is 2.29 bits per heavy atom. The van der Waals surface area contributed by atoms with Gasteiger partial charge in [-0.3, -0.25) is 9.10 Å². The molecule has 0 fully saturated rings. The maximum absolute atomic E-state index is 13.6. The molecule has 1 atom stereocenters. The van der Waals surface area contributed by atoms with Crippen LogP contribution in [0, 0.1) is 13.8 Å². The number of aryl methyl sites for hydroxylation is 2. The quantitative estimate of drug-likeness (QED) is 0.363. The number of carbonyl (C=O) groups is 1. The lowest BCUT2D eigenvalue weighted by atomic mass is 10.00. The highest BCUT2D eigenvalue weighted by Crippen LogP contribution is 2.27. The number of amides is 1. The van der Waals surface area contributed by atoms with Crippen molar-refractivity contribution in [1.29, 1.82) is 0 Å². The van der Waals surface area contributed by atoms with E-state index in [2.05, 4.69) is 5.32 Å². The second-order valence-electron chi connectivity index (χ2n) is 8.26. The maximum atomic E-state index is 13.6. The maximum Gasteiger partial charge on any atom is 0.264 e. The van der Waals surface area contributed by atoms with Gasteiger partial charge in [-0.1, -0.05) is 23.8 Å². The van der Waals surface area contributed by atoms with E-state index in [1.54, 1.807) is 48.5 Å². The number of carbonyl (C=O) groups excluding carboxylic acids is 1. The number of sulfonamides is 1. The molecule has 0 bridgehead atoms. The Kier molecular flexibility index (Phi) is 8.86. The largest absolute Gasteiger partial charge is 0.494 e. The summed E-state index contributed by atoms with van der Waals surface area (Å²) in [5.74, 6) is 0.238. The smallest absolute Gasteiger partial charge is 0.264 e. The number of hydrogen-bond donors (Lipinski definition) is 1. The predicted octanol–water partition coefficient (Wildman–Crippen LogP) is 5.50. The first kappa shape index (κ1) is 26.6. The fourth-order valence-electron chi connectivity index (χ4n) is 3.79. The SMILES string of the molecule is CCOc1ccc(N(CC(=O)NC(C)c2cc(C)ccc2C)S(=O)(=O)c2ccc(SC)cc2)cc1. The Labute approximate surface area is 212 Å². The Morgan fingerprint density at radius 1 is 1.03 bits per heavy atom. The van der Waals surface area contributed by atoms with Gasteiger partial charge in [0.25, 0.3) is 10.0 Å². The lowest BCUT2D eigenvalue weighted by molar-refractivity contribution is -0.120. The van der Waals surface area contributed by atoms with Crippen LogP contribution >= 0.6 is 11.8 Å². The van der Waals surface area contributed by atoms with Crippen molar-refractivity contribution in [2.75, 3.05) is 23.7 Å². The van der Waals surface area contributed by atoms with Gasteiger partial charge in [-0.2, -0.15) is 0 Å². The van der Waals surface area contributed by atoms with E-state index in [9.17, 15) is 13.2 Å². The Hall–Kier alpha value is -2.97. The van der Waals surface area contributed by atoms with E-state index in [-0.39, 0.29) is 17.5 Å². The summed E-state index contributed by atoms with van der Waals surface area (Å²) in [6.07, 6.45) is 1.93. The molecule has 0 saturated heterocycles. The number of nitrogens with one attached hydrogen (secondary N) is 1. The van der Waals surface area contributed by atoms with Gasteiger partial charge in [-0.05, 0) is 93.6 Å². The highest BCUT2D eigenvalue weighted by Gasteiger charge is 2.28. The molecule has 0 aliphatic carbocycles. The van der Waals surface area contributed by atoms with Crippen LogP contribution < -0.4 is 14.4 Å². The van der Waals surface area contributed by atoms with Crippen LogP contribution in [0.2, 0.25) is 0 Å². The molecule has 1 N–H and O–H groups in total. The third-order valence-corrected chi connectivity index (χ3v) is 8.18. The van der Waals surface area contributed by atoms with Crippen molar-refractivity contribution in [2.24, 2.45) is 0 Å². The van der Waals surface area contributed by atoms with E-state index >= 15 is 0 Å². The molecule has 0 radical (unpaired) electrons. The number of benzene rings is 3. The Balaban J connectivity index is 1.91. The van der Waals surface area contributed by atoms with Crippen LogP contribution in [0.1, 0.15) is 36.6 Å². The van der Waals surface area contributed by atoms with Gasteiger partial charge >= 0.3 is 0 Å². The van der Waals surface area contributed by atoms with Gasteiger partial charge in [0.05, 0.1) is 23.2 Å². The van der Waals surface area contributed by atoms with Crippen molar-refractivity contribution < 1.29 is 17.9 Å². The topological polar surface area (TPSA) is 75.7 Å². The average Bonchev–Trinajstić information content (AvgIpc) is 2.84. The molecule has 0 aromatic heterocycles. The first-order chi connectivity index (χ1) is 16.6. The first-order valence-corrected chi connectivity index (χ1v) is 14.1. The number of rotatable bonds is 10. The average molecular weight is 513 g/mol. The van der Waals surface area contributed by atoms with Crippen LogP contribution in [0.3, 0.4) is 0 Å². The first-order valence-electron chi connectivity index (χ1n) is 11.4.